The fraction of sp³-hybridized carbons (Fsp3) is 0.286. The number of nitrogens with zero attached hydrogens (tertiary/aromatic N) is 1. The van der Waals surface area contributed by atoms with Crippen LogP contribution in [0.25, 0.3) is 6.08 Å². The van der Waals surface area contributed by atoms with Crippen LogP contribution in [-0.2, 0) is 4.79 Å². The fourth-order valence-electron chi connectivity index (χ4n) is 1.97. The highest BCUT2D eigenvalue weighted by atomic mass is 32.1. The summed E-state index contributed by atoms with van der Waals surface area (Å²) in [6.07, 6.45) is 1.71. The number of rotatable bonds is 4. The number of benzene rings is 1. The second kappa shape index (κ2) is 5.92. The van der Waals surface area contributed by atoms with Crippen molar-refractivity contribution in [3.05, 3.63) is 29.5 Å². The van der Waals surface area contributed by atoms with E-state index in [1.165, 1.54) is 4.90 Å². The number of methoxy groups -OCH3 is 2. The van der Waals surface area contributed by atoms with Gasteiger partial charge < -0.3 is 14.8 Å². The summed E-state index contributed by atoms with van der Waals surface area (Å²) in [5, 5.41) is 3.34. The van der Waals surface area contributed by atoms with Gasteiger partial charge in [0.1, 0.15) is 17.2 Å². The molecular formula is C14H16N2O3S. The zero-order valence-corrected chi connectivity index (χ0v) is 12.4. The van der Waals surface area contributed by atoms with Crippen LogP contribution in [0.4, 0.5) is 0 Å². The topological polar surface area (TPSA) is 50.8 Å². The Kier molecular flexibility index (Phi) is 4.24. The third-order valence-electron chi connectivity index (χ3n) is 3.02. The van der Waals surface area contributed by atoms with Gasteiger partial charge in [0, 0.05) is 12.1 Å². The molecule has 1 aromatic carbocycles. The summed E-state index contributed by atoms with van der Waals surface area (Å²) in [4.78, 5) is 13.6. The first-order valence-electron chi connectivity index (χ1n) is 6.17. The second-order valence-electron chi connectivity index (χ2n) is 4.15. The Bertz CT molecular complexity index is 584. The van der Waals surface area contributed by atoms with Crippen molar-refractivity contribution in [2.45, 2.75) is 6.92 Å². The van der Waals surface area contributed by atoms with E-state index >= 15 is 0 Å². The zero-order valence-electron chi connectivity index (χ0n) is 11.6. The molecular weight excluding hydrogens is 276 g/mol. The van der Waals surface area contributed by atoms with E-state index in [2.05, 4.69) is 5.32 Å². The van der Waals surface area contributed by atoms with Crippen molar-refractivity contribution in [3.8, 4) is 11.5 Å². The van der Waals surface area contributed by atoms with Crippen LogP contribution >= 0.6 is 12.2 Å². The van der Waals surface area contributed by atoms with E-state index in [1.54, 1.807) is 38.5 Å². The van der Waals surface area contributed by atoms with E-state index in [1.807, 2.05) is 6.92 Å². The molecule has 5 nitrogen and oxygen atoms in total. The number of carbonyl (C=O) groups excluding carboxylic acids is 1. The highest BCUT2D eigenvalue weighted by Crippen LogP contribution is 2.26. The quantitative estimate of drug-likeness (QED) is 0.677. The van der Waals surface area contributed by atoms with Crippen molar-refractivity contribution < 1.29 is 14.3 Å². The molecule has 1 aliphatic rings. The highest BCUT2D eigenvalue weighted by molar-refractivity contribution is 7.80. The van der Waals surface area contributed by atoms with Crippen LogP contribution in [-0.4, -0.2) is 36.7 Å². The van der Waals surface area contributed by atoms with Crippen molar-refractivity contribution in [1.82, 2.24) is 10.2 Å². The Morgan fingerprint density at radius 2 is 2.10 bits per heavy atom. The minimum Gasteiger partial charge on any atom is -0.497 e. The smallest absolute Gasteiger partial charge is 0.276 e. The van der Waals surface area contributed by atoms with Crippen molar-refractivity contribution in [2.75, 3.05) is 20.8 Å². The van der Waals surface area contributed by atoms with Crippen molar-refractivity contribution in [3.63, 3.8) is 0 Å². The molecule has 0 aliphatic carbocycles. The molecule has 0 radical (unpaired) electrons. The molecule has 1 saturated heterocycles. The van der Waals surface area contributed by atoms with Crippen LogP contribution in [0.3, 0.4) is 0 Å². The molecule has 0 unspecified atom stereocenters. The first-order valence-corrected chi connectivity index (χ1v) is 6.58. The zero-order chi connectivity index (χ0) is 14.7. The average Bonchev–Trinajstić information content (AvgIpc) is 2.72. The van der Waals surface area contributed by atoms with Gasteiger partial charge in [0.25, 0.3) is 5.91 Å². The maximum absolute atomic E-state index is 12.1. The van der Waals surface area contributed by atoms with E-state index in [-0.39, 0.29) is 5.91 Å². The molecule has 1 aliphatic heterocycles. The second-order valence-corrected chi connectivity index (χ2v) is 4.53. The van der Waals surface area contributed by atoms with Crippen LogP contribution < -0.4 is 14.8 Å². The predicted octanol–water partition coefficient (Wildman–Crippen LogP) is 1.78. The molecule has 106 valence electrons. The standard InChI is InChI=1S/C14H16N2O3S/c1-4-16-13(17)11(15-14(16)20)8-9-7-10(18-2)5-6-12(9)19-3/h5-8H,4H2,1-3H3,(H,15,20). The van der Waals surface area contributed by atoms with E-state index in [9.17, 15) is 4.79 Å². The number of hydrogen-bond acceptors (Lipinski definition) is 4. The third kappa shape index (κ3) is 2.60. The summed E-state index contributed by atoms with van der Waals surface area (Å²) in [5.41, 5.74) is 1.19. The number of likely N-dealkylation sites (N-methyl/N-ethyl adjacent to an activating group) is 1. The van der Waals surface area contributed by atoms with Gasteiger partial charge in [0.05, 0.1) is 14.2 Å². The van der Waals surface area contributed by atoms with E-state index < -0.39 is 0 Å². The molecule has 0 saturated carbocycles. The van der Waals surface area contributed by atoms with Crippen LogP contribution in [0.5, 0.6) is 11.5 Å². The molecule has 1 N–H and O–H groups in total. The number of nitrogens with one attached hydrogen (secondary N) is 1. The lowest BCUT2D eigenvalue weighted by Crippen LogP contribution is -2.30. The van der Waals surface area contributed by atoms with Crippen molar-refractivity contribution >= 4 is 29.3 Å². The number of ether oxygens (including phenoxy) is 2. The molecule has 20 heavy (non-hydrogen) atoms. The van der Waals surface area contributed by atoms with E-state index in [4.69, 9.17) is 21.7 Å². The lowest BCUT2D eigenvalue weighted by atomic mass is 10.1. The van der Waals surface area contributed by atoms with Crippen LogP contribution in [0, 0.1) is 0 Å². The average molecular weight is 292 g/mol. The molecule has 0 atom stereocenters. The Morgan fingerprint density at radius 1 is 1.35 bits per heavy atom. The predicted molar refractivity (Wildman–Crippen MR) is 80.6 cm³/mol. The summed E-state index contributed by atoms with van der Waals surface area (Å²) in [6.45, 7) is 2.41. The van der Waals surface area contributed by atoms with Crippen LogP contribution in [0.15, 0.2) is 23.9 Å². The van der Waals surface area contributed by atoms with Gasteiger partial charge >= 0.3 is 0 Å². The first-order chi connectivity index (χ1) is 9.60. The van der Waals surface area contributed by atoms with Crippen LogP contribution in [0.2, 0.25) is 0 Å². The van der Waals surface area contributed by atoms with Gasteiger partial charge in [0.15, 0.2) is 5.11 Å². The van der Waals surface area contributed by atoms with Gasteiger partial charge in [-0.05, 0) is 43.4 Å². The third-order valence-corrected chi connectivity index (χ3v) is 3.34. The molecule has 2 rings (SSSR count). The Balaban J connectivity index is 2.40. The molecule has 1 fully saturated rings. The summed E-state index contributed by atoms with van der Waals surface area (Å²) >= 11 is 5.12. The highest BCUT2D eigenvalue weighted by Gasteiger charge is 2.29. The summed E-state index contributed by atoms with van der Waals surface area (Å²) < 4.78 is 10.5. The van der Waals surface area contributed by atoms with Gasteiger partial charge in [-0.2, -0.15) is 0 Å². The molecule has 6 heteroatoms. The lowest BCUT2D eigenvalue weighted by molar-refractivity contribution is -0.122. The summed E-state index contributed by atoms with van der Waals surface area (Å²) in [5.74, 6) is 1.22. The minimum atomic E-state index is -0.137. The Labute approximate surface area is 123 Å². The molecule has 0 spiro atoms. The van der Waals surface area contributed by atoms with Gasteiger partial charge in [0.2, 0.25) is 0 Å². The van der Waals surface area contributed by atoms with Crippen molar-refractivity contribution in [2.24, 2.45) is 0 Å². The largest absolute Gasteiger partial charge is 0.497 e. The van der Waals surface area contributed by atoms with E-state index in [0.29, 0.717) is 28.9 Å². The monoisotopic (exact) mass is 292 g/mol. The molecule has 1 heterocycles. The molecule has 0 aromatic heterocycles. The van der Waals surface area contributed by atoms with Gasteiger partial charge in [-0.15, -0.1) is 0 Å². The number of amides is 1. The van der Waals surface area contributed by atoms with E-state index in [0.717, 1.165) is 5.56 Å². The Hall–Kier alpha value is -2.08. The van der Waals surface area contributed by atoms with Crippen LogP contribution in [0.1, 0.15) is 12.5 Å². The minimum absolute atomic E-state index is 0.137. The molecule has 0 bridgehead atoms. The molecule has 1 aromatic rings. The fourth-order valence-corrected chi connectivity index (χ4v) is 2.29. The van der Waals surface area contributed by atoms with Gasteiger partial charge in [-0.25, -0.2) is 0 Å². The summed E-state index contributed by atoms with van der Waals surface area (Å²) in [7, 11) is 3.17. The normalized spacial score (nSPS) is 16.6. The summed E-state index contributed by atoms with van der Waals surface area (Å²) in [6, 6.07) is 5.40. The van der Waals surface area contributed by atoms with Gasteiger partial charge in [-0.3, -0.25) is 9.69 Å². The van der Waals surface area contributed by atoms with Crippen molar-refractivity contribution in [1.29, 1.82) is 0 Å². The van der Waals surface area contributed by atoms with Gasteiger partial charge in [-0.1, -0.05) is 0 Å². The first kappa shape index (κ1) is 14.3. The lowest BCUT2D eigenvalue weighted by Gasteiger charge is -2.09. The number of thiocarbonyl (C=S) groups is 1. The maximum Gasteiger partial charge on any atom is 0.276 e. The SMILES string of the molecule is CCN1C(=O)C(=Cc2cc(OC)ccc2OC)NC1=S. The maximum atomic E-state index is 12.1. The molecule has 1 amide bonds. The number of carbonyl (C=O) groups is 1. The Morgan fingerprint density at radius 3 is 2.65 bits per heavy atom. The number of hydrogen-bond donors (Lipinski definition) is 1.